The zero-order chi connectivity index (χ0) is 18.1. The maximum Gasteiger partial charge on any atom is 0.0933 e. The summed E-state index contributed by atoms with van der Waals surface area (Å²) in [6.45, 7) is 8.52. The number of nitrogens with zero attached hydrogens (tertiary/aromatic N) is 2. The molecule has 3 heterocycles. The van der Waals surface area contributed by atoms with Crippen LogP contribution >= 0.6 is 0 Å². The van der Waals surface area contributed by atoms with Gasteiger partial charge in [0.05, 0.1) is 11.7 Å². The number of aryl methyl sites for hydroxylation is 1. The molecule has 3 heteroatoms. The summed E-state index contributed by atoms with van der Waals surface area (Å²) in [4.78, 5) is 11.1. The van der Waals surface area contributed by atoms with E-state index in [0.29, 0.717) is 5.92 Å². The Morgan fingerprint density at radius 1 is 1.19 bits per heavy atom. The van der Waals surface area contributed by atoms with Crippen molar-refractivity contribution < 1.29 is 0 Å². The van der Waals surface area contributed by atoms with Gasteiger partial charge in [-0.15, -0.1) is 0 Å². The Morgan fingerprint density at radius 3 is 2.85 bits per heavy atom. The summed E-state index contributed by atoms with van der Waals surface area (Å²) in [7, 11) is 0. The predicted octanol–water partition coefficient (Wildman–Crippen LogP) is 5.03. The highest BCUT2D eigenvalue weighted by Gasteiger charge is 2.31. The second kappa shape index (κ2) is 7.08. The van der Waals surface area contributed by atoms with Crippen molar-refractivity contribution in [1.82, 2.24) is 14.9 Å². The molecule has 1 atom stereocenters. The van der Waals surface area contributed by atoms with E-state index in [-0.39, 0.29) is 6.04 Å². The molecule has 26 heavy (non-hydrogen) atoms. The molecule has 0 saturated carbocycles. The van der Waals surface area contributed by atoms with Crippen molar-refractivity contribution in [3.8, 4) is 0 Å². The number of aromatic nitrogens is 2. The Kier molecular flexibility index (Phi) is 4.64. The van der Waals surface area contributed by atoms with Crippen molar-refractivity contribution in [3.05, 3.63) is 77.3 Å². The van der Waals surface area contributed by atoms with E-state index in [2.05, 4.69) is 85.3 Å². The number of fused-ring (bicyclic) bond motifs is 3. The van der Waals surface area contributed by atoms with Crippen LogP contribution in [0, 0.1) is 12.8 Å². The Morgan fingerprint density at radius 2 is 2.04 bits per heavy atom. The van der Waals surface area contributed by atoms with Crippen LogP contribution in [0.3, 0.4) is 0 Å². The first-order valence-corrected chi connectivity index (χ1v) is 9.57. The second-order valence-electron chi connectivity index (χ2n) is 7.59. The average Bonchev–Trinajstić information content (AvgIpc) is 2.99. The van der Waals surface area contributed by atoms with E-state index in [1.807, 2.05) is 0 Å². The van der Waals surface area contributed by atoms with Crippen LogP contribution in [0.1, 0.15) is 42.5 Å². The van der Waals surface area contributed by atoms with E-state index in [0.717, 1.165) is 30.9 Å². The highest BCUT2D eigenvalue weighted by molar-refractivity contribution is 5.85. The highest BCUT2D eigenvalue weighted by Crippen LogP contribution is 2.37. The van der Waals surface area contributed by atoms with Gasteiger partial charge in [0.1, 0.15) is 0 Å². The van der Waals surface area contributed by atoms with Crippen LogP contribution in [-0.4, -0.2) is 28.0 Å². The van der Waals surface area contributed by atoms with Gasteiger partial charge in [0.15, 0.2) is 0 Å². The summed E-state index contributed by atoms with van der Waals surface area (Å²) >= 11 is 0. The molecule has 0 spiro atoms. The smallest absolute Gasteiger partial charge is 0.0933 e. The van der Waals surface area contributed by atoms with E-state index in [1.165, 1.54) is 22.2 Å². The Bertz CT molecular complexity index is 936. The number of para-hydroxylation sites is 1. The number of benzene rings is 1. The number of rotatable bonds is 4. The lowest BCUT2D eigenvalue weighted by molar-refractivity contribution is 0.230. The number of hydrogen-bond acceptors (Lipinski definition) is 2. The fourth-order valence-electron chi connectivity index (χ4n) is 4.01. The molecule has 3 aromatic rings. The molecule has 1 aliphatic heterocycles. The van der Waals surface area contributed by atoms with Crippen molar-refractivity contribution in [3.63, 3.8) is 0 Å². The fraction of sp³-hybridized carbons (Fsp3) is 0.348. The predicted molar refractivity (Wildman–Crippen MR) is 108 cm³/mol. The third-order valence-electron chi connectivity index (χ3n) is 5.19. The molecule has 0 radical (unpaired) electrons. The van der Waals surface area contributed by atoms with Gasteiger partial charge in [0.25, 0.3) is 0 Å². The molecular formula is C23H27N3. The third kappa shape index (κ3) is 3.19. The minimum Gasteiger partial charge on any atom is -0.357 e. The number of aromatic amines is 1. The van der Waals surface area contributed by atoms with Crippen molar-refractivity contribution in [2.24, 2.45) is 5.92 Å². The third-order valence-corrected chi connectivity index (χ3v) is 5.19. The maximum atomic E-state index is 4.87. The standard InChI is InChI=1S/C23H27N3/c1-16(2)8-7-14-26-15-13-19-18-10-4-5-11-20(18)25-22(19)23(26)21-12-6-9-17(3)24-21/h4-12,16,23,25H,13-15H2,1-3H3/b8-7+. The monoisotopic (exact) mass is 345 g/mol. The molecule has 4 rings (SSSR count). The molecule has 0 fully saturated rings. The summed E-state index contributed by atoms with van der Waals surface area (Å²) in [5.41, 5.74) is 6.21. The van der Waals surface area contributed by atoms with Crippen LogP contribution in [0.15, 0.2) is 54.6 Å². The molecule has 1 unspecified atom stereocenters. The zero-order valence-corrected chi connectivity index (χ0v) is 15.9. The van der Waals surface area contributed by atoms with Crippen LogP contribution < -0.4 is 0 Å². The molecule has 0 bridgehead atoms. The number of allylic oxidation sites excluding steroid dienone is 1. The Hall–Kier alpha value is -2.39. The molecule has 0 amide bonds. The minimum atomic E-state index is 0.183. The molecule has 1 aliphatic rings. The van der Waals surface area contributed by atoms with Crippen LogP contribution in [0.5, 0.6) is 0 Å². The van der Waals surface area contributed by atoms with Gasteiger partial charge in [-0.2, -0.15) is 0 Å². The molecule has 134 valence electrons. The van der Waals surface area contributed by atoms with Crippen LogP contribution in [-0.2, 0) is 6.42 Å². The van der Waals surface area contributed by atoms with Gasteiger partial charge in [-0.3, -0.25) is 9.88 Å². The van der Waals surface area contributed by atoms with Crippen molar-refractivity contribution >= 4 is 10.9 Å². The summed E-state index contributed by atoms with van der Waals surface area (Å²) in [5.74, 6) is 0.582. The molecule has 2 aromatic heterocycles. The normalized spacial score (nSPS) is 18.1. The summed E-state index contributed by atoms with van der Waals surface area (Å²) in [5, 5.41) is 1.36. The van der Waals surface area contributed by atoms with Crippen LogP contribution in [0.2, 0.25) is 0 Å². The lowest BCUT2D eigenvalue weighted by Gasteiger charge is -2.35. The van der Waals surface area contributed by atoms with E-state index < -0.39 is 0 Å². The van der Waals surface area contributed by atoms with E-state index in [9.17, 15) is 0 Å². The maximum absolute atomic E-state index is 4.87. The summed E-state index contributed by atoms with van der Waals surface area (Å²) in [6, 6.07) is 15.2. The molecule has 1 N–H and O–H groups in total. The molecule has 0 aliphatic carbocycles. The number of hydrogen-bond donors (Lipinski definition) is 1. The number of nitrogens with one attached hydrogen (secondary N) is 1. The first kappa shape index (κ1) is 17.0. The van der Waals surface area contributed by atoms with Crippen molar-refractivity contribution in [2.45, 2.75) is 33.2 Å². The lowest BCUT2D eigenvalue weighted by atomic mass is 9.94. The van der Waals surface area contributed by atoms with Gasteiger partial charge in [-0.25, -0.2) is 0 Å². The quantitative estimate of drug-likeness (QED) is 0.673. The van der Waals surface area contributed by atoms with E-state index >= 15 is 0 Å². The van der Waals surface area contributed by atoms with Crippen LogP contribution in [0.4, 0.5) is 0 Å². The van der Waals surface area contributed by atoms with Gasteiger partial charge in [-0.1, -0.05) is 50.3 Å². The van der Waals surface area contributed by atoms with Crippen molar-refractivity contribution in [1.29, 1.82) is 0 Å². The zero-order valence-electron chi connectivity index (χ0n) is 15.9. The minimum absolute atomic E-state index is 0.183. The van der Waals surface area contributed by atoms with Gasteiger partial charge in [-0.05, 0) is 43.0 Å². The summed E-state index contributed by atoms with van der Waals surface area (Å²) in [6.07, 6.45) is 5.68. The SMILES string of the molecule is Cc1cccc(C2c3[nH]c4ccccc4c3CCN2C/C=C/C(C)C)n1. The summed E-state index contributed by atoms with van der Waals surface area (Å²) < 4.78 is 0. The van der Waals surface area contributed by atoms with Gasteiger partial charge >= 0.3 is 0 Å². The van der Waals surface area contributed by atoms with Gasteiger partial charge < -0.3 is 4.98 Å². The lowest BCUT2D eigenvalue weighted by Crippen LogP contribution is -2.36. The van der Waals surface area contributed by atoms with Gasteiger partial charge in [0.2, 0.25) is 0 Å². The fourth-order valence-corrected chi connectivity index (χ4v) is 4.01. The average molecular weight is 345 g/mol. The van der Waals surface area contributed by atoms with E-state index in [1.54, 1.807) is 0 Å². The van der Waals surface area contributed by atoms with Gasteiger partial charge in [0, 0.05) is 35.4 Å². The number of H-pyrrole nitrogens is 1. The second-order valence-corrected chi connectivity index (χ2v) is 7.59. The van der Waals surface area contributed by atoms with E-state index in [4.69, 9.17) is 4.98 Å². The van der Waals surface area contributed by atoms with Crippen molar-refractivity contribution in [2.75, 3.05) is 13.1 Å². The Balaban J connectivity index is 1.79. The molecule has 0 saturated heterocycles. The molecule has 3 nitrogen and oxygen atoms in total. The largest absolute Gasteiger partial charge is 0.357 e. The highest BCUT2D eigenvalue weighted by atomic mass is 15.2. The molecule has 1 aromatic carbocycles. The first-order chi connectivity index (χ1) is 12.6. The van der Waals surface area contributed by atoms with Crippen LogP contribution in [0.25, 0.3) is 10.9 Å². The topological polar surface area (TPSA) is 31.9 Å². The first-order valence-electron chi connectivity index (χ1n) is 9.57. The Labute approximate surface area is 155 Å². The number of pyridine rings is 1. The molecular weight excluding hydrogens is 318 g/mol.